The second-order valence-corrected chi connectivity index (χ2v) is 5.53. The molecule has 6 heteroatoms. The van der Waals surface area contributed by atoms with Crippen molar-refractivity contribution in [1.82, 2.24) is 5.32 Å². The summed E-state index contributed by atoms with van der Waals surface area (Å²) in [6.07, 6.45) is 0. The van der Waals surface area contributed by atoms with Crippen LogP contribution in [0.5, 0.6) is 0 Å². The number of alkyl halides is 1. The van der Waals surface area contributed by atoms with Crippen molar-refractivity contribution >= 4 is 39.2 Å². The van der Waals surface area contributed by atoms with E-state index in [-0.39, 0.29) is 17.0 Å². The first-order valence-corrected chi connectivity index (χ1v) is 7.38. The molecular weight excluding hydrogens is 324 g/mol. The Morgan fingerprint density at radius 1 is 1.35 bits per heavy atom. The van der Waals surface area contributed by atoms with Crippen LogP contribution in [0.15, 0.2) is 24.3 Å². The second kappa shape index (κ2) is 5.36. The molecule has 2 rings (SSSR count). The van der Waals surface area contributed by atoms with E-state index in [1.54, 1.807) is 38.1 Å². The van der Waals surface area contributed by atoms with Crippen molar-refractivity contribution in [2.75, 3.05) is 10.6 Å². The Bertz CT molecular complexity index is 586. The molecule has 2 N–H and O–H groups in total. The van der Waals surface area contributed by atoms with E-state index in [1.807, 2.05) is 0 Å². The van der Waals surface area contributed by atoms with Crippen LogP contribution in [0, 0.1) is 5.92 Å². The van der Waals surface area contributed by atoms with Crippen molar-refractivity contribution in [2.24, 2.45) is 5.92 Å². The number of carbonyl (C=O) groups is 3. The summed E-state index contributed by atoms with van der Waals surface area (Å²) in [5, 5.41) is 5.31. The highest BCUT2D eigenvalue weighted by molar-refractivity contribution is 9.09. The molecule has 0 aromatic heterocycles. The number of para-hydroxylation sites is 1. The van der Waals surface area contributed by atoms with Crippen molar-refractivity contribution in [2.45, 2.75) is 19.4 Å². The van der Waals surface area contributed by atoms with E-state index in [1.165, 1.54) is 0 Å². The summed E-state index contributed by atoms with van der Waals surface area (Å²) < 4.78 is 0. The van der Waals surface area contributed by atoms with Gasteiger partial charge in [0, 0.05) is 5.56 Å². The van der Waals surface area contributed by atoms with Gasteiger partial charge in [0.2, 0.25) is 5.91 Å². The van der Waals surface area contributed by atoms with Crippen LogP contribution in [-0.2, 0) is 9.59 Å². The van der Waals surface area contributed by atoms with E-state index in [4.69, 9.17) is 0 Å². The third kappa shape index (κ3) is 2.14. The normalized spacial score (nSPS) is 21.4. The lowest BCUT2D eigenvalue weighted by molar-refractivity contribution is -0.129. The Labute approximate surface area is 125 Å². The number of rotatable bonds is 3. The summed E-state index contributed by atoms with van der Waals surface area (Å²) in [5.74, 6) is -1.64. The Morgan fingerprint density at radius 2 is 2.00 bits per heavy atom. The minimum Gasteiger partial charge on any atom is -0.334 e. The van der Waals surface area contributed by atoms with Gasteiger partial charge in [0.25, 0.3) is 5.91 Å². The van der Waals surface area contributed by atoms with Crippen LogP contribution in [0.1, 0.15) is 24.2 Å². The van der Waals surface area contributed by atoms with E-state index < -0.39 is 17.4 Å². The molecule has 1 atom stereocenters. The number of fused-ring (bicyclic) bond motifs is 1. The number of nitrogens with one attached hydrogen (secondary N) is 2. The van der Waals surface area contributed by atoms with Crippen LogP contribution in [0.2, 0.25) is 0 Å². The minimum atomic E-state index is -1.56. The van der Waals surface area contributed by atoms with E-state index in [9.17, 15) is 14.4 Å². The first-order chi connectivity index (χ1) is 9.43. The number of hydrogen-bond acceptors (Lipinski definition) is 3. The number of amides is 2. The highest BCUT2D eigenvalue weighted by Crippen LogP contribution is 2.32. The number of anilines is 1. The van der Waals surface area contributed by atoms with Crippen molar-refractivity contribution in [3.63, 3.8) is 0 Å². The average Bonchev–Trinajstić information content (AvgIpc) is 2.42. The van der Waals surface area contributed by atoms with E-state index in [0.29, 0.717) is 11.3 Å². The van der Waals surface area contributed by atoms with Crippen molar-refractivity contribution in [1.29, 1.82) is 0 Å². The number of benzene rings is 1. The maximum Gasteiger partial charge on any atom is 0.258 e. The summed E-state index contributed by atoms with van der Waals surface area (Å²) in [5.41, 5.74) is -0.665. The van der Waals surface area contributed by atoms with Gasteiger partial charge in [-0.1, -0.05) is 41.9 Å². The monoisotopic (exact) mass is 338 g/mol. The highest BCUT2D eigenvalue weighted by Gasteiger charge is 2.53. The van der Waals surface area contributed by atoms with Gasteiger partial charge in [-0.2, -0.15) is 0 Å². The summed E-state index contributed by atoms with van der Waals surface area (Å²) >= 11 is 3.03. The largest absolute Gasteiger partial charge is 0.334 e. The van der Waals surface area contributed by atoms with Gasteiger partial charge in [0.1, 0.15) is 0 Å². The number of carbonyl (C=O) groups excluding carboxylic acids is 3. The van der Waals surface area contributed by atoms with Gasteiger partial charge in [-0.25, -0.2) is 0 Å². The fourth-order valence-corrected chi connectivity index (χ4v) is 2.50. The minimum absolute atomic E-state index is 0.0314. The molecule has 1 aromatic carbocycles. The third-order valence-corrected chi connectivity index (χ3v) is 3.97. The summed E-state index contributed by atoms with van der Waals surface area (Å²) in [6.45, 7) is 3.47. The smallest absolute Gasteiger partial charge is 0.258 e. The van der Waals surface area contributed by atoms with Gasteiger partial charge >= 0.3 is 0 Å². The molecule has 20 heavy (non-hydrogen) atoms. The number of hydrogen-bond donors (Lipinski definition) is 2. The molecular formula is C14H15BrN2O3. The van der Waals surface area contributed by atoms with Gasteiger partial charge in [0.05, 0.1) is 11.0 Å². The molecule has 1 aliphatic rings. The Balaban J connectivity index is 2.55. The second-order valence-electron chi connectivity index (χ2n) is 4.97. The Kier molecular flexibility index (Phi) is 3.94. The van der Waals surface area contributed by atoms with Crippen molar-refractivity contribution in [3.05, 3.63) is 29.8 Å². The fourth-order valence-electron chi connectivity index (χ4n) is 2.36. The van der Waals surface area contributed by atoms with Crippen LogP contribution in [-0.4, -0.2) is 28.5 Å². The molecule has 0 saturated carbocycles. The summed E-state index contributed by atoms with van der Waals surface area (Å²) in [7, 11) is 0. The van der Waals surface area contributed by atoms with E-state index in [0.717, 1.165) is 0 Å². The van der Waals surface area contributed by atoms with Crippen LogP contribution in [0.25, 0.3) is 0 Å². The molecule has 5 nitrogen and oxygen atoms in total. The third-order valence-electron chi connectivity index (χ3n) is 3.46. The zero-order valence-corrected chi connectivity index (χ0v) is 12.8. The standard InChI is InChI=1S/C14H15BrN2O3/c1-8(2)14(17-11(18)7-15)12(19)9-5-3-4-6-10(9)16-13(14)20/h3-6,8H,7H2,1-2H3,(H,16,20)(H,17,18)/t14-/m1/s1. The summed E-state index contributed by atoms with van der Waals surface area (Å²) in [4.78, 5) is 36.9. The molecule has 2 amide bonds. The van der Waals surface area contributed by atoms with Crippen molar-refractivity contribution in [3.8, 4) is 0 Å². The van der Waals surface area contributed by atoms with Gasteiger partial charge in [-0.15, -0.1) is 0 Å². The lowest BCUT2D eigenvalue weighted by Gasteiger charge is -2.38. The first-order valence-electron chi connectivity index (χ1n) is 6.25. The lowest BCUT2D eigenvalue weighted by Crippen LogP contribution is -2.67. The first kappa shape index (κ1) is 14.7. The molecule has 1 heterocycles. The SMILES string of the molecule is CC(C)[C@]1(NC(=O)CBr)C(=O)Nc2ccccc2C1=O. The van der Waals surface area contributed by atoms with Crippen molar-refractivity contribution < 1.29 is 14.4 Å². The average molecular weight is 339 g/mol. The highest BCUT2D eigenvalue weighted by atomic mass is 79.9. The van der Waals surface area contributed by atoms with Gasteiger partial charge in [0.15, 0.2) is 11.3 Å². The Morgan fingerprint density at radius 3 is 2.60 bits per heavy atom. The van der Waals surface area contributed by atoms with Crippen LogP contribution < -0.4 is 10.6 Å². The van der Waals surface area contributed by atoms with Gasteiger partial charge < -0.3 is 10.6 Å². The molecule has 0 fully saturated rings. The topological polar surface area (TPSA) is 75.3 Å². The zero-order valence-electron chi connectivity index (χ0n) is 11.2. The van der Waals surface area contributed by atoms with Crippen LogP contribution >= 0.6 is 15.9 Å². The molecule has 0 spiro atoms. The lowest BCUT2D eigenvalue weighted by atomic mass is 9.76. The quantitative estimate of drug-likeness (QED) is 0.651. The van der Waals surface area contributed by atoms with E-state index >= 15 is 0 Å². The van der Waals surface area contributed by atoms with Gasteiger partial charge in [-0.3, -0.25) is 14.4 Å². The molecule has 0 bridgehead atoms. The molecule has 0 saturated heterocycles. The molecule has 106 valence electrons. The molecule has 1 aromatic rings. The molecule has 1 aliphatic heterocycles. The maximum atomic E-state index is 12.8. The fraction of sp³-hybridized carbons (Fsp3) is 0.357. The molecule has 0 radical (unpaired) electrons. The maximum absolute atomic E-state index is 12.8. The van der Waals surface area contributed by atoms with Crippen LogP contribution in [0.3, 0.4) is 0 Å². The number of Topliss-reactive ketones (excluding diaryl/α,β-unsaturated/α-hetero) is 1. The predicted octanol–water partition coefficient (Wildman–Crippen LogP) is 1.73. The number of halogens is 1. The van der Waals surface area contributed by atoms with Gasteiger partial charge in [-0.05, 0) is 18.1 Å². The number of ketones is 1. The Hall–Kier alpha value is -1.69. The van der Waals surface area contributed by atoms with E-state index in [2.05, 4.69) is 26.6 Å². The van der Waals surface area contributed by atoms with Crippen LogP contribution in [0.4, 0.5) is 5.69 Å². The zero-order chi connectivity index (χ0) is 14.9. The molecule has 0 aliphatic carbocycles. The summed E-state index contributed by atoms with van der Waals surface area (Å²) in [6, 6.07) is 6.79. The molecule has 0 unspecified atom stereocenters. The predicted molar refractivity (Wildman–Crippen MR) is 78.9 cm³/mol.